The van der Waals surface area contributed by atoms with Crippen molar-refractivity contribution < 1.29 is 41.1 Å². The van der Waals surface area contributed by atoms with Gasteiger partial charge in [0.1, 0.15) is 0 Å². The Morgan fingerprint density at radius 2 is 1.65 bits per heavy atom. The lowest BCUT2D eigenvalue weighted by molar-refractivity contribution is -0.192. The molecule has 1 unspecified atom stereocenters. The second kappa shape index (κ2) is 13.5. The minimum atomic E-state index is -5.08. The first-order chi connectivity index (χ1) is 18.6. The molecule has 0 aromatic heterocycles. The number of hydrogen-bond donors (Lipinski definition) is 3. The number of hydrogen-bond acceptors (Lipinski definition) is 5. The van der Waals surface area contributed by atoms with E-state index in [-0.39, 0.29) is 22.6 Å². The summed E-state index contributed by atoms with van der Waals surface area (Å²) in [7, 11) is -3.77. The highest BCUT2D eigenvalue weighted by Crippen LogP contribution is 2.25. The topological polar surface area (TPSA) is 133 Å². The number of carboxylic acid groups (broad SMARTS) is 1. The number of nitrogens with zero attached hydrogens (tertiary/aromatic N) is 1. The molecular weight excluding hydrogens is 551 g/mol. The molecule has 218 valence electrons. The fourth-order valence-electron chi connectivity index (χ4n) is 4.35. The molecule has 2 aromatic carbocycles. The first-order valence-corrected chi connectivity index (χ1v) is 13.7. The normalized spacial score (nSPS) is 15.3. The molecule has 40 heavy (non-hydrogen) atoms. The number of anilines is 1. The molecule has 0 saturated carbocycles. The molecule has 0 bridgehead atoms. The molecule has 2 aromatic rings. The summed E-state index contributed by atoms with van der Waals surface area (Å²) in [6.45, 7) is 10.4. The molecule has 1 saturated heterocycles. The van der Waals surface area contributed by atoms with Crippen LogP contribution >= 0.6 is 0 Å². The standard InChI is InChI=1S/C25H31N3O4S.C2HF3O2/c1-5-12-26-24(29)21-7-6-13-28(16-21)25(30)20-8-10-22(11-9-20)27-33(31,32)23-18(3)14-17(2)15-19(23)4;3-2(4,5)1(6)7/h5,8-11,14-15,21,27H,1,6-7,12-13,16H2,2-4H3,(H,26,29);(H,6,7). The van der Waals surface area contributed by atoms with Crippen LogP contribution in [0.2, 0.25) is 0 Å². The largest absolute Gasteiger partial charge is 0.490 e. The second-order valence-electron chi connectivity index (χ2n) is 9.34. The van der Waals surface area contributed by atoms with E-state index in [1.165, 1.54) is 0 Å². The third-order valence-corrected chi connectivity index (χ3v) is 7.69. The average molecular weight is 584 g/mol. The van der Waals surface area contributed by atoms with Crippen LogP contribution < -0.4 is 10.0 Å². The van der Waals surface area contributed by atoms with Crippen LogP contribution in [0.4, 0.5) is 18.9 Å². The van der Waals surface area contributed by atoms with Crippen molar-refractivity contribution in [1.29, 1.82) is 0 Å². The number of amides is 2. The molecule has 1 aliphatic rings. The van der Waals surface area contributed by atoms with Gasteiger partial charge >= 0.3 is 12.1 Å². The van der Waals surface area contributed by atoms with E-state index in [1.807, 2.05) is 19.1 Å². The molecule has 3 rings (SSSR count). The van der Waals surface area contributed by atoms with Crippen LogP contribution in [0, 0.1) is 26.7 Å². The van der Waals surface area contributed by atoms with E-state index < -0.39 is 22.2 Å². The first-order valence-electron chi connectivity index (χ1n) is 12.3. The number of carbonyl (C=O) groups excluding carboxylic acids is 2. The number of carboxylic acids is 1. The van der Waals surface area contributed by atoms with Crippen LogP contribution in [0.25, 0.3) is 0 Å². The Hall–Kier alpha value is -3.87. The van der Waals surface area contributed by atoms with Crippen molar-refractivity contribution in [2.45, 2.75) is 44.7 Å². The van der Waals surface area contributed by atoms with Crippen LogP contribution in [-0.2, 0) is 19.6 Å². The van der Waals surface area contributed by atoms with Gasteiger partial charge in [0, 0.05) is 30.9 Å². The third kappa shape index (κ3) is 8.83. The highest BCUT2D eigenvalue weighted by atomic mass is 32.2. The molecule has 9 nitrogen and oxygen atoms in total. The van der Waals surface area contributed by atoms with E-state index in [9.17, 15) is 31.2 Å². The number of aryl methyl sites for hydroxylation is 3. The quantitative estimate of drug-likeness (QED) is 0.419. The van der Waals surface area contributed by atoms with Gasteiger partial charge in [0.2, 0.25) is 5.91 Å². The molecule has 2 amide bonds. The van der Waals surface area contributed by atoms with Crippen LogP contribution in [0.1, 0.15) is 39.9 Å². The zero-order valence-electron chi connectivity index (χ0n) is 22.3. The van der Waals surface area contributed by atoms with E-state index in [1.54, 1.807) is 49.1 Å². The number of likely N-dealkylation sites (tertiary alicyclic amines) is 1. The Bertz CT molecular complexity index is 1340. The molecule has 13 heteroatoms. The summed E-state index contributed by atoms with van der Waals surface area (Å²) in [6, 6.07) is 10.1. The fraction of sp³-hybridized carbons (Fsp3) is 0.370. The van der Waals surface area contributed by atoms with Gasteiger partial charge in [-0.15, -0.1) is 6.58 Å². The summed E-state index contributed by atoms with van der Waals surface area (Å²) in [4.78, 5) is 36.1. The molecule has 0 aliphatic carbocycles. The summed E-state index contributed by atoms with van der Waals surface area (Å²) in [5, 5.41) is 9.92. The number of halogens is 3. The second-order valence-corrected chi connectivity index (χ2v) is 11.0. The third-order valence-electron chi connectivity index (χ3n) is 6.00. The Kier molecular flexibility index (Phi) is 10.9. The maximum absolute atomic E-state index is 13.0. The molecule has 3 N–H and O–H groups in total. The van der Waals surface area contributed by atoms with Gasteiger partial charge in [0.05, 0.1) is 10.8 Å². The van der Waals surface area contributed by atoms with Crippen molar-refractivity contribution in [3.8, 4) is 0 Å². The lowest BCUT2D eigenvalue weighted by atomic mass is 9.96. The number of nitrogens with one attached hydrogen (secondary N) is 2. The van der Waals surface area contributed by atoms with Gasteiger partial charge in [0.25, 0.3) is 15.9 Å². The number of benzene rings is 2. The van der Waals surface area contributed by atoms with Crippen molar-refractivity contribution in [1.82, 2.24) is 10.2 Å². The number of rotatable bonds is 7. The Morgan fingerprint density at radius 3 is 2.15 bits per heavy atom. The fourth-order valence-corrected chi connectivity index (χ4v) is 5.87. The van der Waals surface area contributed by atoms with Crippen molar-refractivity contribution >= 4 is 33.5 Å². The lowest BCUT2D eigenvalue weighted by Gasteiger charge is -2.32. The highest BCUT2D eigenvalue weighted by Gasteiger charge is 2.38. The number of piperidine rings is 1. The predicted octanol–water partition coefficient (Wildman–Crippen LogP) is 4.20. The maximum atomic E-state index is 13.0. The summed E-state index contributed by atoms with van der Waals surface area (Å²) >= 11 is 0. The maximum Gasteiger partial charge on any atom is 0.490 e. The van der Waals surface area contributed by atoms with Gasteiger partial charge in [0.15, 0.2) is 0 Å². The molecule has 1 atom stereocenters. The molecule has 0 spiro atoms. The van der Waals surface area contributed by atoms with Crippen LogP contribution in [0.3, 0.4) is 0 Å². The van der Waals surface area contributed by atoms with Gasteiger partial charge in [-0.1, -0.05) is 23.8 Å². The van der Waals surface area contributed by atoms with Crippen LogP contribution in [0.5, 0.6) is 0 Å². The smallest absolute Gasteiger partial charge is 0.475 e. The van der Waals surface area contributed by atoms with Gasteiger partial charge in [-0.3, -0.25) is 14.3 Å². The van der Waals surface area contributed by atoms with Crippen LogP contribution in [-0.4, -0.2) is 62.0 Å². The van der Waals surface area contributed by atoms with Gasteiger partial charge in [-0.05, 0) is 69.0 Å². The molecule has 1 aliphatic heterocycles. The number of alkyl halides is 3. The van der Waals surface area contributed by atoms with E-state index in [0.29, 0.717) is 42.0 Å². The average Bonchev–Trinajstić information content (AvgIpc) is 2.86. The molecular formula is C27H32F3N3O6S. The molecule has 1 heterocycles. The Balaban J connectivity index is 0.000000708. The monoisotopic (exact) mass is 583 g/mol. The minimum absolute atomic E-state index is 0.0705. The zero-order chi connectivity index (χ0) is 30.3. The highest BCUT2D eigenvalue weighted by molar-refractivity contribution is 7.92. The van der Waals surface area contributed by atoms with E-state index in [4.69, 9.17) is 9.90 Å². The summed E-state index contributed by atoms with van der Waals surface area (Å²) < 4.78 is 60.3. The van der Waals surface area contributed by atoms with E-state index >= 15 is 0 Å². The SMILES string of the molecule is C=CCNC(=O)C1CCCN(C(=O)c2ccc(NS(=O)(=O)c3c(C)cc(C)cc3C)cc2)C1.O=C(O)C(F)(F)F. The van der Waals surface area contributed by atoms with Gasteiger partial charge in [-0.25, -0.2) is 13.2 Å². The van der Waals surface area contributed by atoms with Crippen molar-refractivity contribution in [3.63, 3.8) is 0 Å². The van der Waals surface area contributed by atoms with Gasteiger partial charge < -0.3 is 15.3 Å². The molecule has 1 fully saturated rings. The first kappa shape index (κ1) is 32.3. The predicted molar refractivity (Wildman–Crippen MR) is 143 cm³/mol. The Labute approximate surface area is 231 Å². The van der Waals surface area contributed by atoms with Crippen molar-refractivity contribution in [2.75, 3.05) is 24.4 Å². The van der Waals surface area contributed by atoms with E-state index in [0.717, 1.165) is 18.4 Å². The van der Waals surface area contributed by atoms with Crippen LogP contribution in [0.15, 0.2) is 53.9 Å². The molecule has 0 radical (unpaired) electrons. The summed E-state index contributed by atoms with van der Waals surface area (Å²) in [6.07, 6.45) is -1.96. The lowest BCUT2D eigenvalue weighted by Crippen LogP contribution is -2.45. The Morgan fingerprint density at radius 1 is 1.10 bits per heavy atom. The number of aliphatic carboxylic acids is 1. The van der Waals surface area contributed by atoms with Gasteiger partial charge in [-0.2, -0.15) is 13.2 Å². The van der Waals surface area contributed by atoms with Crippen molar-refractivity contribution in [2.24, 2.45) is 5.92 Å². The summed E-state index contributed by atoms with van der Waals surface area (Å²) in [5.41, 5.74) is 3.20. The number of carbonyl (C=O) groups is 3. The van der Waals surface area contributed by atoms with E-state index in [2.05, 4.69) is 16.6 Å². The van der Waals surface area contributed by atoms with Crippen molar-refractivity contribution in [3.05, 3.63) is 71.3 Å². The zero-order valence-corrected chi connectivity index (χ0v) is 23.2. The minimum Gasteiger partial charge on any atom is -0.475 e. The number of sulfonamides is 1. The summed E-state index contributed by atoms with van der Waals surface area (Å²) in [5.74, 6) is -3.24.